The second-order valence-electron chi connectivity index (χ2n) is 12.0. The maximum absolute atomic E-state index is 15.0. The van der Waals surface area contributed by atoms with Crippen molar-refractivity contribution in [3.8, 4) is 0 Å². The normalized spacial score (nSPS) is 22.7. The first kappa shape index (κ1) is 46.5. The highest BCUT2D eigenvalue weighted by Crippen LogP contribution is 2.46. The van der Waals surface area contributed by atoms with Crippen LogP contribution in [0.5, 0.6) is 0 Å². The number of hydrogen-bond donors (Lipinski definition) is 2. The summed E-state index contributed by atoms with van der Waals surface area (Å²) in [5, 5.41) is 3.29. The Morgan fingerprint density at radius 3 is 2.00 bits per heavy atom. The number of Topliss-reactive ketones (excluding diaryl/α,β-unsaturated/α-hetero) is 2. The summed E-state index contributed by atoms with van der Waals surface area (Å²) in [6.07, 6.45) is -10.1. The fourth-order valence-corrected chi connectivity index (χ4v) is 7.01. The molecule has 3 atom stereocenters. The van der Waals surface area contributed by atoms with E-state index in [0.29, 0.717) is 31.6 Å². The minimum absolute atomic E-state index is 0. The first-order valence-corrected chi connectivity index (χ1v) is 15.6. The molecular formula is C33H38Cl4F6N4O4. The van der Waals surface area contributed by atoms with E-state index in [2.05, 4.69) is 5.32 Å². The Morgan fingerprint density at radius 2 is 1.47 bits per heavy atom. The predicted molar refractivity (Wildman–Crippen MR) is 188 cm³/mol. The Balaban J connectivity index is 0.00000325. The number of carbonyl (C=O) groups is 2. The van der Waals surface area contributed by atoms with Crippen molar-refractivity contribution in [1.82, 2.24) is 15.1 Å². The predicted octanol–water partition coefficient (Wildman–Crippen LogP) is 6.12. The summed E-state index contributed by atoms with van der Waals surface area (Å²) in [5.41, 5.74) is 0.319. The molecule has 8 nitrogen and oxygen atoms in total. The SMILES string of the molecule is CC(=O)C1(N)CNCCN1C1CCN(Cc2ccccc2)C(C(=O)c2cc(C(F)(F)F)cc(C(F)(F)F)c2)(c2ccc(Cl)c(Cl)c2)C1.Cl.Cl.O.O. The van der Waals surface area contributed by atoms with Gasteiger partial charge < -0.3 is 22.0 Å². The van der Waals surface area contributed by atoms with E-state index in [4.69, 9.17) is 28.9 Å². The molecule has 2 saturated heterocycles. The van der Waals surface area contributed by atoms with Crippen molar-refractivity contribution in [1.29, 1.82) is 0 Å². The number of alkyl halides is 6. The van der Waals surface area contributed by atoms with Crippen LogP contribution in [0.4, 0.5) is 26.3 Å². The molecule has 0 amide bonds. The van der Waals surface area contributed by atoms with Gasteiger partial charge in [0, 0.05) is 44.3 Å². The summed E-state index contributed by atoms with van der Waals surface area (Å²) in [4.78, 5) is 31.4. The van der Waals surface area contributed by atoms with Crippen LogP contribution in [-0.4, -0.2) is 70.2 Å². The first-order valence-electron chi connectivity index (χ1n) is 14.8. The van der Waals surface area contributed by atoms with Gasteiger partial charge in [0.2, 0.25) is 0 Å². The summed E-state index contributed by atoms with van der Waals surface area (Å²) in [6, 6.07) is 13.6. The minimum Gasteiger partial charge on any atom is -0.412 e. The van der Waals surface area contributed by atoms with E-state index in [0.717, 1.165) is 5.56 Å². The Kier molecular flexibility index (Phi) is 16.0. The van der Waals surface area contributed by atoms with Gasteiger partial charge in [-0.3, -0.25) is 19.4 Å². The number of likely N-dealkylation sites (tertiary alicyclic amines) is 1. The van der Waals surface area contributed by atoms with Gasteiger partial charge in [0.1, 0.15) is 11.2 Å². The standard InChI is InChI=1S/C33H32Cl2F6N4O2.2ClH.2H2O/c1-20(46)31(42)19-43-10-12-45(31)26-9-11-44(18-21-5-3-2-4-6-21)30(17-26,23-7-8-27(34)28(35)16-23)29(47)22-13-24(32(36,37)38)15-25(14-22)33(39,40)41;;;;/h2-8,13-16,26,43H,9-12,17-19,42H2,1H3;2*1H;2*1H2. The van der Waals surface area contributed by atoms with Gasteiger partial charge in [-0.1, -0.05) is 59.6 Å². The largest absolute Gasteiger partial charge is 0.416 e. The molecule has 0 saturated carbocycles. The number of hydrogen-bond acceptors (Lipinski definition) is 6. The Labute approximate surface area is 313 Å². The van der Waals surface area contributed by atoms with Crippen LogP contribution in [0, 0.1) is 0 Å². The second-order valence-corrected chi connectivity index (χ2v) is 12.8. The monoisotopic (exact) mass is 808 g/mol. The van der Waals surface area contributed by atoms with Gasteiger partial charge in [-0.2, -0.15) is 26.3 Å². The van der Waals surface area contributed by atoms with Crippen LogP contribution >= 0.6 is 48.0 Å². The number of nitrogens with one attached hydrogen (secondary N) is 1. The molecule has 2 fully saturated rings. The van der Waals surface area contributed by atoms with Crippen molar-refractivity contribution in [3.05, 3.63) is 105 Å². The molecule has 18 heteroatoms. The zero-order chi connectivity index (χ0) is 34.4. The van der Waals surface area contributed by atoms with Gasteiger partial charge in [0.25, 0.3) is 0 Å². The fourth-order valence-electron chi connectivity index (χ4n) is 6.71. The summed E-state index contributed by atoms with van der Waals surface area (Å²) < 4.78 is 84.0. The quantitative estimate of drug-likeness (QED) is 0.218. The molecule has 2 aliphatic heterocycles. The Morgan fingerprint density at radius 1 is 0.882 bits per heavy atom. The molecule has 0 radical (unpaired) electrons. The summed E-state index contributed by atoms with van der Waals surface area (Å²) in [5.74, 6) is -1.33. The number of piperazine rings is 1. The Hall–Kier alpha value is -2.50. The van der Waals surface area contributed by atoms with Crippen molar-refractivity contribution in [2.45, 2.75) is 55.9 Å². The molecule has 0 bridgehead atoms. The van der Waals surface area contributed by atoms with E-state index < -0.39 is 52.1 Å². The van der Waals surface area contributed by atoms with E-state index in [1.807, 2.05) is 0 Å². The number of halogens is 10. The van der Waals surface area contributed by atoms with Gasteiger partial charge in [-0.05, 0) is 61.2 Å². The number of carbonyl (C=O) groups excluding carboxylic acids is 2. The van der Waals surface area contributed by atoms with Crippen LogP contribution in [0.25, 0.3) is 0 Å². The van der Waals surface area contributed by atoms with Crippen molar-refractivity contribution in [3.63, 3.8) is 0 Å². The third-order valence-corrected chi connectivity index (χ3v) is 9.87. The van der Waals surface area contributed by atoms with Crippen LogP contribution < -0.4 is 11.1 Å². The Bertz CT molecular complexity index is 1640. The summed E-state index contributed by atoms with van der Waals surface area (Å²) >= 11 is 12.7. The minimum atomic E-state index is -5.17. The van der Waals surface area contributed by atoms with Gasteiger partial charge in [0.15, 0.2) is 11.6 Å². The zero-order valence-corrected chi connectivity index (χ0v) is 30.2. The molecule has 51 heavy (non-hydrogen) atoms. The maximum atomic E-state index is 15.0. The topological polar surface area (TPSA) is 142 Å². The lowest BCUT2D eigenvalue weighted by Gasteiger charge is -2.55. The lowest BCUT2D eigenvalue weighted by atomic mass is 9.72. The first-order chi connectivity index (χ1) is 22.0. The molecule has 284 valence electrons. The van der Waals surface area contributed by atoms with E-state index in [1.54, 1.807) is 40.1 Å². The molecule has 2 aliphatic rings. The highest BCUT2D eigenvalue weighted by Gasteiger charge is 2.54. The number of benzene rings is 3. The third-order valence-electron chi connectivity index (χ3n) is 9.13. The van der Waals surface area contributed by atoms with E-state index in [1.165, 1.54) is 25.1 Å². The maximum Gasteiger partial charge on any atom is 0.416 e. The fraction of sp³-hybridized carbons (Fsp3) is 0.394. The number of rotatable bonds is 7. The van der Waals surface area contributed by atoms with Crippen LogP contribution in [0.15, 0.2) is 66.7 Å². The van der Waals surface area contributed by atoms with Crippen molar-refractivity contribution in [2.75, 3.05) is 26.2 Å². The average molecular weight is 810 g/mol. The molecule has 7 N–H and O–H groups in total. The molecule has 3 unspecified atom stereocenters. The number of nitrogens with zero attached hydrogens (tertiary/aromatic N) is 2. The van der Waals surface area contributed by atoms with Gasteiger partial charge in [-0.15, -0.1) is 24.8 Å². The van der Waals surface area contributed by atoms with Gasteiger partial charge in [-0.25, -0.2) is 0 Å². The molecule has 0 aliphatic carbocycles. The molecule has 5 rings (SSSR count). The molecule has 0 aromatic heterocycles. The third kappa shape index (κ3) is 9.36. The number of nitrogens with two attached hydrogens (primary N) is 1. The van der Waals surface area contributed by atoms with E-state index >= 15 is 4.79 Å². The molecular weight excluding hydrogens is 772 g/mol. The van der Waals surface area contributed by atoms with E-state index in [-0.39, 0.29) is 89.3 Å². The van der Waals surface area contributed by atoms with Crippen LogP contribution in [0.3, 0.4) is 0 Å². The smallest absolute Gasteiger partial charge is 0.412 e. The van der Waals surface area contributed by atoms with Crippen molar-refractivity contribution < 1.29 is 46.9 Å². The van der Waals surface area contributed by atoms with Gasteiger partial charge in [0.05, 0.1) is 21.2 Å². The van der Waals surface area contributed by atoms with Crippen LogP contribution in [0.1, 0.15) is 52.4 Å². The molecule has 2 heterocycles. The molecule has 3 aromatic carbocycles. The summed E-state index contributed by atoms with van der Waals surface area (Å²) in [7, 11) is 0. The highest BCUT2D eigenvalue weighted by molar-refractivity contribution is 6.42. The molecule has 0 spiro atoms. The average Bonchev–Trinajstić information content (AvgIpc) is 3.02. The van der Waals surface area contributed by atoms with Crippen molar-refractivity contribution in [2.24, 2.45) is 5.73 Å². The van der Waals surface area contributed by atoms with Crippen molar-refractivity contribution >= 4 is 59.6 Å². The van der Waals surface area contributed by atoms with E-state index in [9.17, 15) is 31.1 Å². The second kappa shape index (κ2) is 17.5. The zero-order valence-electron chi connectivity index (χ0n) is 27.0. The lowest BCUT2D eigenvalue weighted by Crippen LogP contribution is -2.74. The molecule has 3 aromatic rings. The van der Waals surface area contributed by atoms with Gasteiger partial charge >= 0.3 is 12.4 Å². The number of ketones is 2. The van der Waals surface area contributed by atoms with Crippen LogP contribution in [-0.2, 0) is 29.2 Å². The summed E-state index contributed by atoms with van der Waals surface area (Å²) in [6.45, 7) is 2.53. The van der Waals surface area contributed by atoms with Crippen LogP contribution in [0.2, 0.25) is 10.0 Å². The highest BCUT2D eigenvalue weighted by atomic mass is 35.5. The number of piperidine rings is 1. The lowest BCUT2D eigenvalue weighted by molar-refractivity contribution is -0.143.